The van der Waals surface area contributed by atoms with Gasteiger partial charge in [0.1, 0.15) is 5.75 Å². The minimum Gasteiger partial charge on any atom is -0.496 e. The first-order valence-electron chi connectivity index (χ1n) is 9.38. The summed E-state index contributed by atoms with van der Waals surface area (Å²) >= 11 is 0.873. The molecule has 0 radical (unpaired) electrons. The first kappa shape index (κ1) is 21.6. The highest BCUT2D eigenvalue weighted by Crippen LogP contribution is 2.36. The van der Waals surface area contributed by atoms with Gasteiger partial charge >= 0.3 is 0 Å². The average Bonchev–Trinajstić information content (AvgIpc) is 2.96. The molecule has 1 fully saturated rings. The number of hydrogen-bond acceptors (Lipinski definition) is 6. The quantitative estimate of drug-likeness (QED) is 0.355. The lowest BCUT2D eigenvalue weighted by Gasteiger charge is -2.15. The van der Waals surface area contributed by atoms with Crippen LogP contribution in [-0.2, 0) is 11.3 Å². The Balaban J connectivity index is 1.89. The van der Waals surface area contributed by atoms with Crippen LogP contribution in [0, 0.1) is 17.0 Å². The van der Waals surface area contributed by atoms with Crippen LogP contribution in [0.15, 0.2) is 41.3 Å². The Morgan fingerprint density at radius 2 is 1.97 bits per heavy atom. The molecule has 2 amide bonds. The van der Waals surface area contributed by atoms with Crippen LogP contribution in [0.25, 0.3) is 6.08 Å². The molecule has 2 aromatic rings. The molecule has 0 N–H and O–H groups in total. The number of hydrogen-bond donors (Lipinski definition) is 0. The number of carbonyl (C=O) groups is 2. The maximum absolute atomic E-state index is 12.9. The first-order chi connectivity index (χ1) is 14.2. The van der Waals surface area contributed by atoms with Gasteiger partial charge in [0.05, 0.1) is 23.5 Å². The van der Waals surface area contributed by atoms with Crippen molar-refractivity contribution in [3.05, 3.63) is 73.7 Å². The second kappa shape index (κ2) is 8.71. The van der Waals surface area contributed by atoms with Gasteiger partial charge in [-0.3, -0.25) is 24.6 Å². The number of non-ortho nitro benzene ring substituents is 1. The van der Waals surface area contributed by atoms with Gasteiger partial charge in [-0.1, -0.05) is 26.0 Å². The molecule has 1 heterocycles. The predicted octanol–water partition coefficient (Wildman–Crippen LogP) is 5.27. The van der Waals surface area contributed by atoms with Crippen molar-refractivity contribution in [2.45, 2.75) is 33.2 Å². The van der Waals surface area contributed by atoms with Crippen molar-refractivity contribution in [2.24, 2.45) is 0 Å². The van der Waals surface area contributed by atoms with E-state index in [9.17, 15) is 19.7 Å². The molecule has 0 unspecified atom stereocenters. The van der Waals surface area contributed by atoms with Crippen LogP contribution in [0.4, 0.5) is 10.5 Å². The smallest absolute Gasteiger partial charge is 0.293 e. The maximum atomic E-state index is 12.9. The van der Waals surface area contributed by atoms with Crippen molar-refractivity contribution in [3.8, 4) is 5.75 Å². The number of methoxy groups -OCH3 is 1. The molecule has 0 aromatic heterocycles. The lowest BCUT2D eigenvalue weighted by atomic mass is 9.96. The van der Waals surface area contributed by atoms with Gasteiger partial charge in [-0.2, -0.15) is 0 Å². The lowest BCUT2D eigenvalue weighted by molar-refractivity contribution is -0.384. The van der Waals surface area contributed by atoms with Gasteiger partial charge in [0.2, 0.25) is 0 Å². The van der Waals surface area contributed by atoms with Gasteiger partial charge in [0, 0.05) is 12.1 Å². The SMILES string of the molecule is COc1cc(C)c(C=C2SC(=O)N(Cc3cccc([N+](=O)[O-])c3)C2=O)cc1C(C)C. The topological polar surface area (TPSA) is 89.8 Å². The van der Waals surface area contributed by atoms with E-state index >= 15 is 0 Å². The normalized spacial score (nSPS) is 15.4. The molecule has 2 aromatic carbocycles. The van der Waals surface area contributed by atoms with E-state index in [4.69, 9.17) is 4.74 Å². The van der Waals surface area contributed by atoms with Crippen molar-refractivity contribution in [1.82, 2.24) is 4.90 Å². The molecule has 1 aliphatic heterocycles. The Bertz CT molecular complexity index is 1060. The van der Waals surface area contributed by atoms with Crippen molar-refractivity contribution in [1.29, 1.82) is 0 Å². The predicted molar refractivity (Wildman–Crippen MR) is 116 cm³/mol. The number of amides is 2. The second-order valence-electron chi connectivity index (χ2n) is 7.30. The third kappa shape index (κ3) is 4.38. The molecule has 1 aliphatic rings. The van der Waals surface area contributed by atoms with Gasteiger partial charge in [0.15, 0.2) is 0 Å². The van der Waals surface area contributed by atoms with E-state index in [0.717, 1.165) is 39.1 Å². The Labute approximate surface area is 178 Å². The Kier molecular flexibility index (Phi) is 6.26. The largest absolute Gasteiger partial charge is 0.496 e. The van der Waals surface area contributed by atoms with Crippen LogP contribution in [0.1, 0.15) is 42.0 Å². The molecule has 0 spiro atoms. The number of imide groups is 1. The van der Waals surface area contributed by atoms with Crippen LogP contribution >= 0.6 is 11.8 Å². The van der Waals surface area contributed by atoms with E-state index in [1.165, 1.54) is 18.2 Å². The zero-order valence-electron chi connectivity index (χ0n) is 17.2. The Morgan fingerprint density at radius 3 is 2.60 bits per heavy atom. The van der Waals surface area contributed by atoms with E-state index in [-0.39, 0.29) is 18.2 Å². The fraction of sp³-hybridized carbons (Fsp3) is 0.273. The number of rotatable bonds is 6. The van der Waals surface area contributed by atoms with Crippen LogP contribution in [0.3, 0.4) is 0 Å². The molecule has 0 saturated carbocycles. The van der Waals surface area contributed by atoms with E-state index < -0.39 is 16.1 Å². The number of thioether (sulfide) groups is 1. The summed E-state index contributed by atoms with van der Waals surface area (Å²) in [5.74, 6) is 0.618. The molecular weight excluding hydrogens is 404 g/mol. The lowest BCUT2D eigenvalue weighted by Crippen LogP contribution is -2.27. The molecule has 0 atom stereocenters. The van der Waals surface area contributed by atoms with Crippen LogP contribution in [-0.4, -0.2) is 28.1 Å². The minimum absolute atomic E-state index is 0.0114. The number of benzene rings is 2. The molecule has 0 aliphatic carbocycles. The minimum atomic E-state index is -0.504. The third-order valence-electron chi connectivity index (χ3n) is 4.86. The van der Waals surface area contributed by atoms with Gasteiger partial charge in [-0.15, -0.1) is 0 Å². The highest BCUT2D eigenvalue weighted by atomic mass is 32.2. The maximum Gasteiger partial charge on any atom is 0.293 e. The van der Waals surface area contributed by atoms with Gasteiger partial charge < -0.3 is 4.74 Å². The molecule has 156 valence electrons. The number of carbonyl (C=O) groups excluding carboxylic acids is 2. The number of nitro groups is 1. The van der Waals surface area contributed by atoms with Crippen molar-refractivity contribution < 1.29 is 19.2 Å². The molecule has 3 rings (SSSR count). The molecule has 0 bridgehead atoms. The monoisotopic (exact) mass is 426 g/mol. The number of ether oxygens (including phenoxy) is 1. The van der Waals surface area contributed by atoms with E-state index in [0.29, 0.717) is 10.5 Å². The van der Waals surface area contributed by atoms with E-state index in [2.05, 4.69) is 13.8 Å². The summed E-state index contributed by atoms with van der Waals surface area (Å²) < 4.78 is 5.46. The van der Waals surface area contributed by atoms with Gasteiger partial charge in [0.25, 0.3) is 16.8 Å². The second-order valence-corrected chi connectivity index (χ2v) is 8.29. The fourth-order valence-electron chi connectivity index (χ4n) is 3.23. The molecule has 30 heavy (non-hydrogen) atoms. The Morgan fingerprint density at radius 1 is 1.23 bits per heavy atom. The highest BCUT2D eigenvalue weighted by Gasteiger charge is 2.35. The highest BCUT2D eigenvalue weighted by molar-refractivity contribution is 8.18. The summed E-state index contributed by atoms with van der Waals surface area (Å²) in [5.41, 5.74) is 3.24. The number of nitrogens with zero attached hydrogens (tertiary/aromatic N) is 2. The first-order valence-corrected chi connectivity index (χ1v) is 10.2. The van der Waals surface area contributed by atoms with Crippen molar-refractivity contribution in [2.75, 3.05) is 7.11 Å². The van der Waals surface area contributed by atoms with E-state index in [1.54, 1.807) is 19.3 Å². The molecule has 1 saturated heterocycles. The van der Waals surface area contributed by atoms with Crippen LogP contribution < -0.4 is 4.74 Å². The van der Waals surface area contributed by atoms with Crippen LogP contribution in [0.5, 0.6) is 5.75 Å². The summed E-state index contributed by atoms with van der Waals surface area (Å²) in [6.07, 6.45) is 1.72. The fourth-order valence-corrected chi connectivity index (χ4v) is 4.06. The third-order valence-corrected chi connectivity index (χ3v) is 5.77. The van der Waals surface area contributed by atoms with Gasteiger partial charge in [-0.05, 0) is 65.1 Å². The summed E-state index contributed by atoms with van der Waals surface area (Å²) in [7, 11) is 1.62. The van der Waals surface area contributed by atoms with Gasteiger partial charge in [-0.25, -0.2) is 0 Å². The zero-order chi connectivity index (χ0) is 22.0. The average molecular weight is 426 g/mol. The van der Waals surface area contributed by atoms with Crippen molar-refractivity contribution in [3.63, 3.8) is 0 Å². The number of aryl methyl sites for hydroxylation is 1. The zero-order valence-corrected chi connectivity index (χ0v) is 18.0. The summed E-state index contributed by atoms with van der Waals surface area (Å²) in [4.78, 5) is 37.2. The summed E-state index contributed by atoms with van der Waals surface area (Å²) in [6, 6.07) is 9.84. The summed E-state index contributed by atoms with van der Waals surface area (Å²) in [6.45, 7) is 6.03. The standard InChI is InChI=1S/C22H22N2O5S/c1-13(2)18-10-16(14(3)8-19(18)29-4)11-20-21(25)23(22(26)30-20)12-15-6-5-7-17(9-15)24(27)28/h5-11,13H,12H2,1-4H3. The molecule has 8 heteroatoms. The Hall–Kier alpha value is -3.13. The van der Waals surface area contributed by atoms with Crippen LogP contribution in [0.2, 0.25) is 0 Å². The summed E-state index contributed by atoms with van der Waals surface area (Å²) in [5, 5.41) is 10.6. The van der Waals surface area contributed by atoms with E-state index in [1.807, 2.05) is 19.1 Å². The number of nitro benzene ring substituents is 1. The van der Waals surface area contributed by atoms with Crippen molar-refractivity contribution >= 4 is 34.7 Å². The molecular formula is C22H22N2O5S. The molecule has 7 nitrogen and oxygen atoms in total.